The quantitative estimate of drug-likeness (QED) is 0.702. The number of anilines is 4. The Labute approximate surface area is 161 Å². The molecule has 3 aromatic heterocycles. The number of rotatable bonds is 5. The molecule has 3 aromatic rings. The van der Waals surface area contributed by atoms with E-state index >= 15 is 0 Å². The van der Waals surface area contributed by atoms with Crippen LogP contribution in [0.5, 0.6) is 0 Å². The Morgan fingerprint density at radius 3 is 2.70 bits per heavy atom. The van der Waals surface area contributed by atoms with E-state index in [1.54, 1.807) is 29.9 Å². The van der Waals surface area contributed by atoms with E-state index in [0.717, 1.165) is 48.4 Å². The summed E-state index contributed by atoms with van der Waals surface area (Å²) in [6.45, 7) is 1.87. The number of piperidine rings is 1. The minimum atomic E-state index is 0.412. The first kappa shape index (κ1) is 17.2. The van der Waals surface area contributed by atoms with Gasteiger partial charge in [-0.25, -0.2) is 15.0 Å². The van der Waals surface area contributed by atoms with Gasteiger partial charge < -0.3 is 15.5 Å². The van der Waals surface area contributed by atoms with E-state index in [1.165, 1.54) is 0 Å². The minimum Gasteiger partial charge on any atom is -0.382 e. The molecule has 1 aliphatic rings. The van der Waals surface area contributed by atoms with Gasteiger partial charge in [0.1, 0.15) is 17.7 Å². The maximum absolute atomic E-state index is 8.88. The molecule has 0 unspecified atom stereocenters. The number of aromatic nitrogens is 3. The van der Waals surface area contributed by atoms with E-state index in [-0.39, 0.29) is 0 Å². The van der Waals surface area contributed by atoms with Crippen LogP contribution in [0, 0.1) is 11.3 Å². The molecule has 4 heterocycles. The van der Waals surface area contributed by atoms with Gasteiger partial charge in [-0.1, -0.05) is 0 Å². The van der Waals surface area contributed by atoms with Crippen molar-refractivity contribution >= 4 is 33.8 Å². The predicted octanol–water partition coefficient (Wildman–Crippen LogP) is 3.63. The van der Waals surface area contributed by atoms with Gasteiger partial charge in [-0.05, 0) is 31.0 Å². The first-order valence-electron chi connectivity index (χ1n) is 8.80. The van der Waals surface area contributed by atoms with Crippen LogP contribution in [-0.4, -0.2) is 34.1 Å². The number of nitrogens with one attached hydrogen (secondary N) is 2. The topological polar surface area (TPSA) is 89.8 Å². The molecule has 27 heavy (non-hydrogen) atoms. The van der Waals surface area contributed by atoms with Gasteiger partial charge in [0.2, 0.25) is 0 Å². The van der Waals surface area contributed by atoms with Crippen LogP contribution in [0.15, 0.2) is 48.2 Å². The fraction of sp³-hybridized carbons (Fsp3) is 0.263. The summed E-state index contributed by atoms with van der Waals surface area (Å²) < 4.78 is 0. The summed E-state index contributed by atoms with van der Waals surface area (Å²) in [5.74, 6) is 1.72. The second-order valence-electron chi connectivity index (χ2n) is 6.31. The van der Waals surface area contributed by atoms with E-state index in [4.69, 9.17) is 5.26 Å². The highest BCUT2D eigenvalue weighted by molar-refractivity contribution is 7.13. The van der Waals surface area contributed by atoms with Crippen molar-refractivity contribution in [2.24, 2.45) is 0 Å². The summed E-state index contributed by atoms with van der Waals surface area (Å²) in [5, 5.41) is 18.5. The lowest BCUT2D eigenvalue weighted by atomic mass is 10.0. The van der Waals surface area contributed by atoms with Crippen LogP contribution < -0.4 is 15.5 Å². The molecule has 0 atom stereocenters. The van der Waals surface area contributed by atoms with Crippen LogP contribution in [0.4, 0.5) is 22.5 Å². The fourth-order valence-electron chi connectivity index (χ4n) is 3.11. The second kappa shape index (κ2) is 8.01. The van der Waals surface area contributed by atoms with E-state index in [2.05, 4.69) is 36.6 Å². The van der Waals surface area contributed by atoms with Crippen molar-refractivity contribution in [2.45, 2.75) is 18.9 Å². The van der Waals surface area contributed by atoms with E-state index in [0.29, 0.717) is 11.6 Å². The normalized spacial score (nSPS) is 14.6. The summed E-state index contributed by atoms with van der Waals surface area (Å²) in [7, 11) is 0. The molecular weight excluding hydrogens is 358 g/mol. The lowest BCUT2D eigenvalue weighted by Crippen LogP contribution is -2.39. The predicted molar refractivity (Wildman–Crippen MR) is 107 cm³/mol. The number of nitrogens with zero attached hydrogens (tertiary/aromatic N) is 5. The summed E-state index contributed by atoms with van der Waals surface area (Å²) >= 11 is 1.55. The van der Waals surface area contributed by atoms with Gasteiger partial charge in [0.05, 0.1) is 5.56 Å². The molecule has 0 saturated carbocycles. The molecular formula is C19H19N7S. The average molecular weight is 377 g/mol. The number of pyridine rings is 2. The Morgan fingerprint density at radius 2 is 2.00 bits per heavy atom. The highest BCUT2D eigenvalue weighted by Gasteiger charge is 2.20. The molecule has 4 rings (SSSR count). The van der Waals surface area contributed by atoms with Crippen LogP contribution in [0.3, 0.4) is 0 Å². The van der Waals surface area contributed by atoms with Gasteiger partial charge in [0.15, 0.2) is 5.13 Å². The molecule has 0 spiro atoms. The Bertz CT molecular complexity index is 910. The van der Waals surface area contributed by atoms with Crippen molar-refractivity contribution in [3.8, 4) is 6.07 Å². The maximum Gasteiger partial charge on any atom is 0.188 e. The van der Waals surface area contributed by atoms with E-state index in [9.17, 15) is 0 Å². The summed E-state index contributed by atoms with van der Waals surface area (Å²) in [6.07, 6.45) is 7.26. The first-order valence-corrected chi connectivity index (χ1v) is 9.68. The maximum atomic E-state index is 8.88. The van der Waals surface area contributed by atoms with Gasteiger partial charge in [-0.3, -0.25) is 0 Å². The Morgan fingerprint density at radius 1 is 1.11 bits per heavy atom. The van der Waals surface area contributed by atoms with Crippen LogP contribution in [0.25, 0.3) is 0 Å². The third-order valence-electron chi connectivity index (χ3n) is 4.49. The fourth-order valence-corrected chi connectivity index (χ4v) is 3.65. The number of thiazole rings is 1. The first-order chi connectivity index (χ1) is 13.3. The van der Waals surface area contributed by atoms with E-state index in [1.807, 2.05) is 29.6 Å². The molecule has 0 aliphatic carbocycles. The highest BCUT2D eigenvalue weighted by Crippen LogP contribution is 2.23. The Kier molecular flexibility index (Phi) is 5.12. The lowest BCUT2D eigenvalue weighted by molar-refractivity contribution is 0.523. The molecule has 2 N–H and O–H groups in total. The van der Waals surface area contributed by atoms with Crippen molar-refractivity contribution in [2.75, 3.05) is 28.6 Å². The SMILES string of the molecule is N#Cc1ccc(N2CCC(Nc3ccnc(Nc4nccs4)c3)CC2)nc1. The van der Waals surface area contributed by atoms with Crippen LogP contribution >= 0.6 is 11.3 Å². The largest absolute Gasteiger partial charge is 0.382 e. The monoisotopic (exact) mass is 377 g/mol. The second-order valence-corrected chi connectivity index (χ2v) is 7.21. The summed E-state index contributed by atoms with van der Waals surface area (Å²) in [6, 6.07) is 10.3. The zero-order chi connectivity index (χ0) is 18.5. The molecule has 0 amide bonds. The Hall–Kier alpha value is -3.18. The van der Waals surface area contributed by atoms with Crippen molar-refractivity contribution < 1.29 is 0 Å². The molecule has 1 aliphatic heterocycles. The summed E-state index contributed by atoms with van der Waals surface area (Å²) in [5.41, 5.74) is 1.65. The molecule has 1 fully saturated rings. The van der Waals surface area contributed by atoms with Crippen molar-refractivity contribution in [3.63, 3.8) is 0 Å². The van der Waals surface area contributed by atoms with Crippen molar-refractivity contribution in [1.82, 2.24) is 15.0 Å². The zero-order valence-electron chi connectivity index (χ0n) is 14.7. The molecule has 136 valence electrons. The van der Waals surface area contributed by atoms with Gasteiger partial charge >= 0.3 is 0 Å². The van der Waals surface area contributed by atoms with Crippen LogP contribution in [-0.2, 0) is 0 Å². The minimum absolute atomic E-state index is 0.412. The summed E-state index contributed by atoms with van der Waals surface area (Å²) in [4.78, 5) is 15.2. The Balaban J connectivity index is 1.33. The van der Waals surface area contributed by atoms with Gasteiger partial charge in [0.25, 0.3) is 0 Å². The molecule has 0 radical (unpaired) electrons. The number of hydrogen-bond donors (Lipinski definition) is 2. The number of hydrogen-bond acceptors (Lipinski definition) is 8. The molecule has 8 heteroatoms. The van der Waals surface area contributed by atoms with Crippen molar-refractivity contribution in [3.05, 3.63) is 53.8 Å². The third-order valence-corrected chi connectivity index (χ3v) is 5.18. The number of nitriles is 1. The van der Waals surface area contributed by atoms with Gasteiger partial charge in [-0.15, -0.1) is 11.3 Å². The molecule has 0 aromatic carbocycles. The lowest BCUT2D eigenvalue weighted by Gasteiger charge is -2.33. The standard InChI is InChI=1S/C19H19N7S/c20-12-14-1-2-18(23-13-14)26-8-4-15(5-9-26)24-16-3-6-21-17(11-16)25-19-22-7-10-27-19/h1-3,6-7,10-11,13,15H,4-5,8-9H2,(H2,21,22,24,25). The molecule has 1 saturated heterocycles. The van der Waals surface area contributed by atoms with Gasteiger partial charge in [0, 0.05) is 54.9 Å². The van der Waals surface area contributed by atoms with Crippen LogP contribution in [0.1, 0.15) is 18.4 Å². The molecule has 7 nitrogen and oxygen atoms in total. The van der Waals surface area contributed by atoms with Gasteiger partial charge in [-0.2, -0.15) is 5.26 Å². The highest BCUT2D eigenvalue weighted by atomic mass is 32.1. The molecule has 0 bridgehead atoms. The van der Waals surface area contributed by atoms with Crippen LogP contribution in [0.2, 0.25) is 0 Å². The van der Waals surface area contributed by atoms with E-state index < -0.39 is 0 Å². The van der Waals surface area contributed by atoms with Crippen molar-refractivity contribution in [1.29, 1.82) is 5.26 Å². The zero-order valence-corrected chi connectivity index (χ0v) is 15.5. The smallest absolute Gasteiger partial charge is 0.188 e. The third kappa shape index (κ3) is 4.33. The average Bonchev–Trinajstić information content (AvgIpc) is 3.22.